The number of aliphatic hydroxyl groups is 1. The van der Waals surface area contributed by atoms with E-state index >= 15 is 0 Å². The molecule has 1 fully saturated rings. The zero-order valence-electron chi connectivity index (χ0n) is 21.1. The van der Waals surface area contributed by atoms with Crippen LogP contribution in [0.25, 0.3) is 0 Å². The average molecular weight is 492 g/mol. The summed E-state index contributed by atoms with van der Waals surface area (Å²) < 4.78 is 5.26. The Hall–Kier alpha value is -3.83. The molecule has 3 rings (SSSR count). The van der Waals surface area contributed by atoms with Gasteiger partial charge in [0.2, 0.25) is 5.91 Å². The average Bonchev–Trinajstić information content (AvgIpc) is 3.66. The van der Waals surface area contributed by atoms with E-state index in [1.165, 1.54) is 4.90 Å². The summed E-state index contributed by atoms with van der Waals surface area (Å²) in [4.78, 5) is 41.3. The first-order valence-electron chi connectivity index (χ1n) is 11.9. The number of benzene rings is 2. The Morgan fingerprint density at radius 3 is 2.36 bits per heavy atom. The molecule has 0 heterocycles. The Bertz CT molecular complexity index is 1160. The standard InChI is InChI=1S/C28H33N3O5/c1-6-19-12-8-9-13-21(19)24(25(33)29-22-14-10-7-11-18(22)2)31(20-15-16-20)26(34)23(17-32)30-27(35)36-28(3,4)5/h1,7-14,20,23-24,32H,15-17H2,2-5H3,(H,29,33)(H,30,35). The van der Waals surface area contributed by atoms with E-state index < -0.39 is 42.2 Å². The molecule has 8 heteroatoms. The van der Waals surface area contributed by atoms with Gasteiger partial charge in [-0.05, 0) is 63.8 Å². The molecule has 0 aliphatic heterocycles. The fourth-order valence-corrected chi connectivity index (χ4v) is 3.88. The lowest BCUT2D eigenvalue weighted by atomic mass is 9.97. The zero-order chi connectivity index (χ0) is 26.5. The van der Waals surface area contributed by atoms with Crippen molar-refractivity contribution in [2.75, 3.05) is 11.9 Å². The van der Waals surface area contributed by atoms with Crippen molar-refractivity contribution in [3.8, 4) is 12.3 Å². The number of nitrogens with one attached hydrogen (secondary N) is 2. The molecule has 0 radical (unpaired) electrons. The number of ether oxygens (including phenoxy) is 1. The summed E-state index contributed by atoms with van der Waals surface area (Å²) in [6, 6.07) is 11.6. The van der Waals surface area contributed by atoms with Gasteiger partial charge >= 0.3 is 6.09 Å². The monoisotopic (exact) mass is 491 g/mol. The lowest BCUT2D eigenvalue weighted by Gasteiger charge is -2.34. The van der Waals surface area contributed by atoms with Gasteiger partial charge in [0, 0.05) is 17.3 Å². The van der Waals surface area contributed by atoms with Crippen LogP contribution in [-0.2, 0) is 14.3 Å². The molecule has 8 nitrogen and oxygen atoms in total. The van der Waals surface area contributed by atoms with Crippen molar-refractivity contribution in [2.24, 2.45) is 0 Å². The van der Waals surface area contributed by atoms with Crippen molar-refractivity contribution in [1.29, 1.82) is 0 Å². The summed E-state index contributed by atoms with van der Waals surface area (Å²) in [5.41, 5.74) is 1.64. The van der Waals surface area contributed by atoms with Crippen LogP contribution in [0.4, 0.5) is 10.5 Å². The van der Waals surface area contributed by atoms with Gasteiger partial charge in [-0.1, -0.05) is 42.3 Å². The number of amides is 3. The Morgan fingerprint density at radius 2 is 1.78 bits per heavy atom. The third kappa shape index (κ3) is 6.64. The van der Waals surface area contributed by atoms with Crippen LogP contribution in [0.3, 0.4) is 0 Å². The van der Waals surface area contributed by atoms with Gasteiger partial charge < -0.3 is 25.4 Å². The second-order valence-corrected chi connectivity index (χ2v) is 9.80. The predicted octanol–water partition coefficient (Wildman–Crippen LogP) is 3.53. The lowest BCUT2D eigenvalue weighted by molar-refractivity contribution is -0.142. The first-order valence-corrected chi connectivity index (χ1v) is 11.9. The highest BCUT2D eigenvalue weighted by Gasteiger charge is 2.44. The fourth-order valence-electron chi connectivity index (χ4n) is 3.88. The number of hydrogen-bond acceptors (Lipinski definition) is 5. The Kier molecular flexibility index (Phi) is 8.38. The van der Waals surface area contributed by atoms with Crippen molar-refractivity contribution in [3.05, 3.63) is 65.2 Å². The van der Waals surface area contributed by atoms with Gasteiger partial charge in [0.25, 0.3) is 5.91 Å². The lowest BCUT2D eigenvalue weighted by Crippen LogP contribution is -2.54. The number of aryl methyl sites for hydroxylation is 1. The maximum atomic E-state index is 13.8. The Labute approximate surface area is 212 Å². The molecule has 190 valence electrons. The van der Waals surface area contributed by atoms with Gasteiger partial charge in [-0.3, -0.25) is 9.59 Å². The summed E-state index contributed by atoms with van der Waals surface area (Å²) >= 11 is 0. The molecule has 0 saturated heterocycles. The van der Waals surface area contributed by atoms with Crippen LogP contribution in [-0.4, -0.2) is 52.2 Å². The molecule has 1 aliphatic rings. The SMILES string of the molecule is C#Cc1ccccc1C(C(=O)Nc1ccccc1C)N(C(=O)C(CO)NC(=O)OC(C)(C)C)C1CC1. The van der Waals surface area contributed by atoms with E-state index in [2.05, 4.69) is 16.6 Å². The van der Waals surface area contributed by atoms with Crippen LogP contribution < -0.4 is 10.6 Å². The molecule has 3 amide bonds. The smallest absolute Gasteiger partial charge is 0.408 e. The number of carbonyl (C=O) groups is 3. The third-order valence-electron chi connectivity index (χ3n) is 5.71. The third-order valence-corrected chi connectivity index (χ3v) is 5.71. The van der Waals surface area contributed by atoms with Crippen LogP contribution >= 0.6 is 0 Å². The summed E-state index contributed by atoms with van der Waals surface area (Å²) in [5.74, 6) is 1.57. The van der Waals surface area contributed by atoms with E-state index in [1.54, 1.807) is 51.1 Å². The topological polar surface area (TPSA) is 108 Å². The van der Waals surface area contributed by atoms with E-state index in [9.17, 15) is 19.5 Å². The van der Waals surface area contributed by atoms with E-state index in [0.29, 0.717) is 29.7 Å². The largest absolute Gasteiger partial charge is 0.444 e. The number of para-hydroxylation sites is 1. The number of aliphatic hydroxyl groups excluding tert-OH is 1. The molecule has 36 heavy (non-hydrogen) atoms. The molecule has 1 aliphatic carbocycles. The summed E-state index contributed by atoms with van der Waals surface area (Å²) in [5, 5.41) is 15.4. The fraction of sp³-hybridized carbons (Fsp3) is 0.393. The molecule has 2 aromatic carbocycles. The zero-order valence-corrected chi connectivity index (χ0v) is 21.1. The van der Waals surface area contributed by atoms with Crippen molar-refractivity contribution in [3.63, 3.8) is 0 Å². The molecule has 2 unspecified atom stereocenters. The van der Waals surface area contributed by atoms with Crippen molar-refractivity contribution in [1.82, 2.24) is 10.2 Å². The van der Waals surface area contributed by atoms with E-state index in [0.717, 1.165) is 5.56 Å². The highest BCUT2D eigenvalue weighted by molar-refractivity contribution is 6.00. The van der Waals surface area contributed by atoms with Crippen LogP contribution in [0.15, 0.2) is 48.5 Å². The normalized spacial score (nSPS) is 14.7. The first kappa shape index (κ1) is 26.8. The molecular weight excluding hydrogens is 458 g/mol. The second-order valence-electron chi connectivity index (χ2n) is 9.80. The number of rotatable bonds is 8. The van der Waals surface area contributed by atoms with Crippen LogP contribution in [0.1, 0.15) is 56.3 Å². The highest BCUT2D eigenvalue weighted by atomic mass is 16.6. The quantitative estimate of drug-likeness (QED) is 0.490. The van der Waals surface area contributed by atoms with E-state index in [1.807, 2.05) is 25.1 Å². The highest BCUT2D eigenvalue weighted by Crippen LogP contribution is 2.37. The molecular formula is C28H33N3O5. The predicted molar refractivity (Wildman–Crippen MR) is 137 cm³/mol. The maximum absolute atomic E-state index is 13.8. The van der Waals surface area contributed by atoms with Crippen molar-refractivity contribution in [2.45, 2.75) is 64.3 Å². The number of alkyl carbamates (subject to hydrolysis) is 1. The number of anilines is 1. The van der Waals surface area contributed by atoms with Crippen LogP contribution in [0.2, 0.25) is 0 Å². The number of carbonyl (C=O) groups excluding carboxylic acids is 3. The molecule has 3 N–H and O–H groups in total. The Morgan fingerprint density at radius 1 is 1.14 bits per heavy atom. The molecule has 0 bridgehead atoms. The van der Waals surface area contributed by atoms with Gasteiger partial charge in [-0.25, -0.2) is 4.79 Å². The van der Waals surface area contributed by atoms with Crippen LogP contribution in [0, 0.1) is 19.3 Å². The van der Waals surface area contributed by atoms with Gasteiger partial charge in [-0.2, -0.15) is 0 Å². The molecule has 2 aromatic rings. The van der Waals surface area contributed by atoms with Crippen LogP contribution in [0.5, 0.6) is 0 Å². The number of nitrogens with zero attached hydrogens (tertiary/aromatic N) is 1. The van der Waals surface area contributed by atoms with E-state index in [4.69, 9.17) is 11.2 Å². The molecule has 0 spiro atoms. The minimum atomic E-state index is -1.30. The van der Waals surface area contributed by atoms with Gasteiger partial charge in [0.15, 0.2) is 0 Å². The van der Waals surface area contributed by atoms with Gasteiger partial charge in [0.1, 0.15) is 17.7 Å². The van der Waals surface area contributed by atoms with Crippen molar-refractivity contribution >= 4 is 23.6 Å². The minimum absolute atomic E-state index is 0.245. The molecule has 0 aromatic heterocycles. The molecule has 1 saturated carbocycles. The summed E-state index contributed by atoms with van der Waals surface area (Å²) in [6.45, 7) is 6.30. The summed E-state index contributed by atoms with van der Waals surface area (Å²) in [7, 11) is 0. The number of hydrogen-bond donors (Lipinski definition) is 3. The minimum Gasteiger partial charge on any atom is -0.444 e. The maximum Gasteiger partial charge on any atom is 0.408 e. The summed E-state index contributed by atoms with van der Waals surface area (Å²) in [6.07, 6.45) is 6.27. The second kappa shape index (κ2) is 11.3. The van der Waals surface area contributed by atoms with Gasteiger partial charge in [-0.15, -0.1) is 6.42 Å². The first-order chi connectivity index (χ1) is 17.1. The Balaban J connectivity index is 2.00. The van der Waals surface area contributed by atoms with Gasteiger partial charge in [0.05, 0.1) is 6.61 Å². The molecule has 2 atom stereocenters. The van der Waals surface area contributed by atoms with E-state index in [-0.39, 0.29) is 6.04 Å². The van der Waals surface area contributed by atoms with Crippen molar-refractivity contribution < 1.29 is 24.2 Å². The number of terminal acetylenes is 1.